The summed E-state index contributed by atoms with van der Waals surface area (Å²) in [6, 6.07) is 9.66. The maximum absolute atomic E-state index is 11.1. The van der Waals surface area contributed by atoms with Crippen LogP contribution in [0, 0.1) is 0 Å². The lowest BCUT2D eigenvalue weighted by Crippen LogP contribution is -1.95. The number of rotatable bonds is 3. The molecule has 0 aliphatic rings. The summed E-state index contributed by atoms with van der Waals surface area (Å²) < 4.78 is 1.72. The summed E-state index contributed by atoms with van der Waals surface area (Å²) >= 11 is 0. The van der Waals surface area contributed by atoms with Crippen LogP contribution in [-0.2, 0) is 0 Å². The molecule has 3 aromatic rings. The third kappa shape index (κ3) is 2.01. The van der Waals surface area contributed by atoms with Crippen LogP contribution in [0.2, 0.25) is 0 Å². The molecule has 0 fully saturated rings. The van der Waals surface area contributed by atoms with Gasteiger partial charge in [0.15, 0.2) is 0 Å². The fourth-order valence-electron chi connectivity index (χ4n) is 1.96. The third-order valence-electron chi connectivity index (χ3n) is 2.89. The van der Waals surface area contributed by atoms with Crippen molar-refractivity contribution in [3.8, 4) is 16.8 Å². The first-order chi connectivity index (χ1) is 9.25. The van der Waals surface area contributed by atoms with Crippen molar-refractivity contribution in [2.24, 2.45) is 0 Å². The van der Waals surface area contributed by atoms with Crippen LogP contribution in [0.15, 0.2) is 55.1 Å². The first kappa shape index (κ1) is 11.3. The summed E-state index contributed by atoms with van der Waals surface area (Å²) in [5.74, 6) is -0.955. The second-order valence-electron chi connectivity index (χ2n) is 4.10. The minimum atomic E-state index is -0.955. The van der Waals surface area contributed by atoms with Crippen molar-refractivity contribution >= 4 is 5.97 Å². The molecule has 0 saturated carbocycles. The van der Waals surface area contributed by atoms with Crippen molar-refractivity contribution in [3.63, 3.8) is 0 Å². The molecule has 2 N–H and O–H groups in total. The highest BCUT2D eigenvalue weighted by Gasteiger charge is 2.14. The zero-order valence-corrected chi connectivity index (χ0v) is 9.95. The first-order valence-electron chi connectivity index (χ1n) is 5.76. The molecule has 0 atom stereocenters. The van der Waals surface area contributed by atoms with Crippen molar-refractivity contribution in [1.82, 2.24) is 14.8 Å². The molecule has 0 spiro atoms. The number of carbonyl (C=O) groups is 1. The molecule has 0 unspecified atom stereocenters. The van der Waals surface area contributed by atoms with Gasteiger partial charge in [-0.3, -0.25) is 0 Å². The summed E-state index contributed by atoms with van der Waals surface area (Å²) in [4.78, 5) is 13.9. The van der Waals surface area contributed by atoms with Crippen LogP contribution in [-0.4, -0.2) is 25.8 Å². The lowest BCUT2D eigenvalue weighted by molar-refractivity contribution is 0.0698. The molecule has 0 saturated heterocycles. The summed E-state index contributed by atoms with van der Waals surface area (Å²) in [6.07, 6.45) is 6.60. The Morgan fingerprint density at radius 1 is 1.21 bits per heavy atom. The van der Waals surface area contributed by atoms with Crippen LogP contribution in [0.25, 0.3) is 16.8 Å². The van der Waals surface area contributed by atoms with E-state index in [0.29, 0.717) is 5.56 Å². The largest absolute Gasteiger partial charge is 0.478 e. The van der Waals surface area contributed by atoms with E-state index in [2.05, 4.69) is 10.1 Å². The Bertz CT molecular complexity index is 713. The number of hydrogen-bond donors (Lipinski definition) is 2. The van der Waals surface area contributed by atoms with Gasteiger partial charge in [0.1, 0.15) is 0 Å². The number of aromatic amines is 1. The van der Waals surface area contributed by atoms with E-state index in [0.717, 1.165) is 11.3 Å². The van der Waals surface area contributed by atoms with Gasteiger partial charge in [0.25, 0.3) is 0 Å². The number of carboxylic acid groups (broad SMARTS) is 1. The van der Waals surface area contributed by atoms with Crippen molar-refractivity contribution in [2.45, 2.75) is 0 Å². The van der Waals surface area contributed by atoms with Crippen LogP contribution in [0.3, 0.4) is 0 Å². The molecular weight excluding hydrogens is 242 g/mol. The van der Waals surface area contributed by atoms with Gasteiger partial charge in [-0.1, -0.05) is 18.2 Å². The van der Waals surface area contributed by atoms with Crippen LogP contribution >= 0.6 is 0 Å². The Morgan fingerprint density at radius 2 is 2.00 bits per heavy atom. The van der Waals surface area contributed by atoms with Gasteiger partial charge >= 0.3 is 5.97 Å². The number of benzene rings is 1. The highest BCUT2D eigenvalue weighted by molar-refractivity contribution is 5.95. The molecule has 5 nitrogen and oxygen atoms in total. The number of aromatic carboxylic acids is 1. The fraction of sp³-hybridized carbons (Fsp3) is 0. The first-order valence-corrected chi connectivity index (χ1v) is 5.76. The molecule has 0 aliphatic heterocycles. The second-order valence-corrected chi connectivity index (χ2v) is 4.10. The minimum absolute atomic E-state index is 0.243. The third-order valence-corrected chi connectivity index (χ3v) is 2.89. The molecule has 19 heavy (non-hydrogen) atoms. The van der Waals surface area contributed by atoms with Crippen molar-refractivity contribution in [3.05, 3.63) is 60.7 Å². The van der Waals surface area contributed by atoms with E-state index in [1.807, 2.05) is 36.5 Å². The van der Waals surface area contributed by atoms with Gasteiger partial charge in [-0.25, -0.2) is 9.48 Å². The zero-order chi connectivity index (χ0) is 13.2. The van der Waals surface area contributed by atoms with Crippen molar-refractivity contribution < 1.29 is 9.90 Å². The normalized spacial score (nSPS) is 10.5. The van der Waals surface area contributed by atoms with E-state index in [9.17, 15) is 4.79 Å². The van der Waals surface area contributed by atoms with Gasteiger partial charge < -0.3 is 10.1 Å². The molecule has 0 aliphatic carbocycles. The van der Waals surface area contributed by atoms with Gasteiger partial charge in [-0.2, -0.15) is 5.10 Å². The van der Waals surface area contributed by atoms with E-state index >= 15 is 0 Å². The Hall–Kier alpha value is -2.82. The fourth-order valence-corrected chi connectivity index (χ4v) is 1.96. The maximum atomic E-state index is 11.1. The number of H-pyrrole nitrogens is 1. The average molecular weight is 253 g/mol. The van der Waals surface area contributed by atoms with E-state index in [4.69, 9.17) is 5.11 Å². The smallest absolute Gasteiger partial charge is 0.337 e. The van der Waals surface area contributed by atoms with E-state index in [1.165, 1.54) is 6.20 Å². The predicted molar refractivity (Wildman–Crippen MR) is 70.3 cm³/mol. The monoisotopic (exact) mass is 253 g/mol. The van der Waals surface area contributed by atoms with Crippen LogP contribution in [0.1, 0.15) is 10.4 Å². The molecule has 1 aromatic carbocycles. The Morgan fingerprint density at radius 3 is 2.74 bits per heavy atom. The van der Waals surface area contributed by atoms with Gasteiger partial charge in [0, 0.05) is 29.7 Å². The number of hydrogen-bond acceptors (Lipinski definition) is 2. The quantitative estimate of drug-likeness (QED) is 0.753. The molecule has 5 heteroatoms. The molecule has 3 rings (SSSR count). The molecule has 0 radical (unpaired) electrons. The highest BCUT2D eigenvalue weighted by Crippen LogP contribution is 2.23. The minimum Gasteiger partial charge on any atom is -0.478 e. The summed E-state index contributed by atoms with van der Waals surface area (Å²) in [5, 5.41) is 13.3. The number of nitrogens with zero attached hydrogens (tertiary/aromatic N) is 2. The number of nitrogens with one attached hydrogen (secondary N) is 1. The predicted octanol–water partition coefficient (Wildman–Crippen LogP) is 2.57. The number of para-hydroxylation sites is 1. The van der Waals surface area contributed by atoms with Gasteiger partial charge in [0.2, 0.25) is 0 Å². The SMILES string of the molecule is O=C(O)c1c[nH]cc1-c1cnn(-c2ccccc2)c1. The molecule has 2 aromatic heterocycles. The Labute approximate surface area is 109 Å². The molecule has 2 heterocycles. The van der Waals surface area contributed by atoms with Crippen molar-refractivity contribution in [2.75, 3.05) is 0 Å². The lowest BCUT2D eigenvalue weighted by Gasteiger charge is -1.99. The van der Waals surface area contributed by atoms with Gasteiger partial charge in [0.05, 0.1) is 17.4 Å². The highest BCUT2D eigenvalue weighted by atomic mass is 16.4. The molecule has 0 amide bonds. The standard InChI is InChI=1S/C14H11N3O2/c18-14(19)13-8-15-7-12(13)10-6-16-17(9-10)11-4-2-1-3-5-11/h1-9,15H,(H,18,19). The topological polar surface area (TPSA) is 70.9 Å². The maximum Gasteiger partial charge on any atom is 0.337 e. The Kier molecular flexibility index (Phi) is 2.64. The van der Waals surface area contributed by atoms with Gasteiger partial charge in [-0.05, 0) is 12.1 Å². The van der Waals surface area contributed by atoms with Gasteiger partial charge in [-0.15, -0.1) is 0 Å². The van der Waals surface area contributed by atoms with E-state index in [-0.39, 0.29) is 5.56 Å². The second kappa shape index (κ2) is 4.45. The molecular formula is C14H11N3O2. The van der Waals surface area contributed by atoms with E-state index in [1.54, 1.807) is 17.1 Å². The number of aromatic nitrogens is 3. The average Bonchev–Trinajstić information content (AvgIpc) is 3.08. The summed E-state index contributed by atoms with van der Waals surface area (Å²) in [5.41, 5.74) is 2.57. The van der Waals surface area contributed by atoms with Crippen molar-refractivity contribution in [1.29, 1.82) is 0 Å². The Balaban J connectivity index is 2.02. The zero-order valence-electron chi connectivity index (χ0n) is 9.95. The van der Waals surface area contributed by atoms with Crippen LogP contribution in [0.5, 0.6) is 0 Å². The number of carboxylic acids is 1. The molecule has 0 bridgehead atoms. The molecule has 94 valence electrons. The van der Waals surface area contributed by atoms with Crippen LogP contribution in [0.4, 0.5) is 0 Å². The van der Waals surface area contributed by atoms with Crippen LogP contribution < -0.4 is 0 Å². The summed E-state index contributed by atoms with van der Waals surface area (Å²) in [6.45, 7) is 0. The lowest BCUT2D eigenvalue weighted by atomic mass is 10.1. The summed E-state index contributed by atoms with van der Waals surface area (Å²) in [7, 11) is 0. The van der Waals surface area contributed by atoms with E-state index < -0.39 is 5.97 Å².